The molecule has 7 heteroatoms. The summed E-state index contributed by atoms with van der Waals surface area (Å²) in [6, 6.07) is 11.4. The summed E-state index contributed by atoms with van der Waals surface area (Å²) in [6.45, 7) is 3.22. The van der Waals surface area contributed by atoms with Crippen LogP contribution in [0.25, 0.3) is 0 Å². The molecule has 132 valence electrons. The number of thiophene rings is 1. The van der Waals surface area contributed by atoms with E-state index in [1.165, 1.54) is 11.3 Å². The number of hydrogen-bond donors (Lipinski definition) is 1. The largest absolute Gasteiger partial charge is 0.367 e. The molecule has 1 saturated heterocycles. The van der Waals surface area contributed by atoms with Crippen LogP contribution in [-0.4, -0.2) is 49.4 Å². The van der Waals surface area contributed by atoms with Gasteiger partial charge in [0.2, 0.25) is 5.91 Å². The third-order valence-electron chi connectivity index (χ3n) is 4.19. The molecule has 0 spiro atoms. The maximum atomic E-state index is 12.3. The van der Waals surface area contributed by atoms with Crippen molar-refractivity contribution in [3.05, 3.63) is 51.7 Å². The van der Waals surface area contributed by atoms with Crippen molar-refractivity contribution in [2.24, 2.45) is 0 Å². The Kier molecular flexibility index (Phi) is 5.94. The van der Waals surface area contributed by atoms with E-state index in [1.807, 2.05) is 40.6 Å². The van der Waals surface area contributed by atoms with Crippen LogP contribution in [-0.2, 0) is 4.79 Å². The predicted octanol–water partition coefficient (Wildman–Crippen LogP) is 2.87. The van der Waals surface area contributed by atoms with Crippen molar-refractivity contribution in [2.75, 3.05) is 37.6 Å². The molecule has 1 fully saturated rings. The van der Waals surface area contributed by atoms with Gasteiger partial charge in [0.05, 0.1) is 15.6 Å². The second-order valence-electron chi connectivity index (χ2n) is 5.80. The third kappa shape index (κ3) is 4.52. The number of nitrogens with one attached hydrogen (secondary N) is 1. The topological polar surface area (TPSA) is 52.7 Å². The van der Waals surface area contributed by atoms with Crippen LogP contribution < -0.4 is 10.2 Å². The van der Waals surface area contributed by atoms with Gasteiger partial charge < -0.3 is 15.1 Å². The highest BCUT2D eigenvalue weighted by atomic mass is 35.5. The first-order chi connectivity index (χ1) is 12.1. The minimum Gasteiger partial charge on any atom is -0.367 e. The van der Waals surface area contributed by atoms with Crippen molar-refractivity contribution < 1.29 is 9.59 Å². The lowest BCUT2D eigenvalue weighted by molar-refractivity contribution is -0.131. The lowest BCUT2D eigenvalue weighted by atomic mass is 10.2. The Hall–Kier alpha value is -2.05. The van der Waals surface area contributed by atoms with Gasteiger partial charge in [-0.25, -0.2) is 0 Å². The summed E-state index contributed by atoms with van der Waals surface area (Å²) in [5.74, 6) is -0.0448. The summed E-state index contributed by atoms with van der Waals surface area (Å²) in [5, 5.41) is 5.39. The van der Waals surface area contributed by atoms with E-state index in [9.17, 15) is 9.59 Å². The summed E-state index contributed by atoms with van der Waals surface area (Å²) in [4.78, 5) is 28.9. The van der Waals surface area contributed by atoms with E-state index in [0.29, 0.717) is 30.9 Å². The first-order valence-electron chi connectivity index (χ1n) is 8.24. The van der Waals surface area contributed by atoms with Crippen molar-refractivity contribution in [3.8, 4) is 0 Å². The van der Waals surface area contributed by atoms with Gasteiger partial charge >= 0.3 is 0 Å². The highest BCUT2D eigenvalue weighted by molar-refractivity contribution is 7.12. The van der Waals surface area contributed by atoms with E-state index in [-0.39, 0.29) is 11.8 Å². The maximum absolute atomic E-state index is 12.3. The standard InChI is InChI=1S/C18H20ClN3O2S/c19-14-4-1-2-5-15(14)21-9-11-22(12-10-21)17(23)7-8-20-18(24)16-6-3-13-25-16/h1-6,13H,7-12H2,(H,20,24). The van der Waals surface area contributed by atoms with Crippen LogP contribution in [0.3, 0.4) is 0 Å². The molecule has 0 unspecified atom stereocenters. The monoisotopic (exact) mass is 377 g/mol. The zero-order chi connectivity index (χ0) is 17.6. The molecule has 2 heterocycles. The molecule has 5 nitrogen and oxygen atoms in total. The summed E-state index contributed by atoms with van der Waals surface area (Å²) >= 11 is 7.63. The van der Waals surface area contributed by atoms with Gasteiger partial charge in [0.25, 0.3) is 5.91 Å². The highest BCUT2D eigenvalue weighted by Gasteiger charge is 2.22. The summed E-state index contributed by atoms with van der Waals surface area (Å²) in [6.07, 6.45) is 0.323. The molecule has 0 bridgehead atoms. The average Bonchev–Trinajstić information content (AvgIpc) is 3.17. The predicted molar refractivity (Wildman–Crippen MR) is 102 cm³/mol. The van der Waals surface area contributed by atoms with E-state index in [0.717, 1.165) is 23.8 Å². The number of anilines is 1. The lowest BCUT2D eigenvalue weighted by Crippen LogP contribution is -2.49. The Morgan fingerprint density at radius 1 is 1.08 bits per heavy atom. The summed E-state index contributed by atoms with van der Waals surface area (Å²) in [7, 11) is 0. The van der Waals surface area contributed by atoms with Gasteiger partial charge in [-0.15, -0.1) is 11.3 Å². The zero-order valence-electron chi connectivity index (χ0n) is 13.8. The van der Waals surface area contributed by atoms with E-state index in [1.54, 1.807) is 6.07 Å². The number of carbonyl (C=O) groups is 2. The van der Waals surface area contributed by atoms with E-state index >= 15 is 0 Å². The molecule has 0 atom stereocenters. The fourth-order valence-corrected chi connectivity index (χ4v) is 3.74. The van der Waals surface area contributed by atoms with Crippen molar-refractivity contribution >= 4 is 40.4 Å². The fourth-order valence-electron chi connectivity index (χ4n) is 2.84. The molecule has 3 rings (SSSR count). The van der Waals surface area contributed by atoms with Gasteiger partial charge in [-0.2, -0.15) is 0 Å². The molecule has 1 aliphatic heterocycles. The molecule has 1 aliphatic rings. The third-order valence-corrected chi connectivity index (χ3v) is 5.38. The molecule has 25 heavy (non-hydrogen) atoms. The number of para-hydroxylation sites is 1. The van der Waals surface area contributed by atoms with Crippen LogP contribution in [0.2, 0.25) is 5.02 Å². The first kappa shape index (κ1) is 17.8. The zero-order valence-corrected chi connectivity index (χ0v) is 15.4. The number of amides is 2. The molecule has 0 saturated carbocycles. The van der Waals surface area contributed by atoms with E-state index in [4.69, 9.17) is 11.6 Å². The number of rotatable bonds is 5. The molecular formula is C18H20ClN3O2S. The lowest BCUT2D eigenvalue weighted by Gasteiger charge is -2.36. The Morgan fingerprint density at radius 2 is 1.84 bits per heavy atom. The van der Waals surface area contributed by atoms with Crippen molar-refractivity contribution in [1.29, 1.82) is 0 Å². The Balaban J connectivity index is 1.42. The number of piperazine rings is 1. The smallest absolute Gasteiger partial charge is 0.261 e. The number of halogens is 1. The van der Waals surface area contributed by atoms with Gasteiger partial charge in [0.1, 0.15) is 0 Å². The second kappa shape index (κ2) is 8.36. The number of benzene rings is 1. The van der Waals surface area contributed by atoms with Gasteiger partial charge in [0, 0.05) is 39.1 Å². The van der Waals surface area contributed by atoms with Crippen LogP contribution in [0.15, 0.2) is 41.8 Å². The van der Waals surface area contributed by atoms with E-state index < -0.39 is 0 Å². The van der Waals surface area contributed by atoms with Gasteiger partial charge in [-0.3, -0.25) is 9.59 Å². The van der Waals surface area contributed by atoms with Crippen LogP contribution in [0.1, 0.15) is 16.1 Å². The Morgan fingerprint density at radius 3 is 2.52 bits per heavy atom. The Bertz CT molecular complexity index is 728. The van der Waals surface area contributed by atoms with Crippen LogP contribution in [0.5, 0.6) is 0 Å². The fraction of sp³-hybridized carbons (Fsp3) is 0.333. The van der Waals surface area contributed by atoms with Crippen molar-refractivity contribution in [3.63, 3.8) is 0 Å². The first-order valence-corrected chi connectivity index (χ1v) is 9.50. The molecule has 1 aromatic heterocycles. The van der Waals surface area contributed by atoms with Crippen LogP contribution >= 0.6 is 22.9 Å². The summed E-state index contributed by atoms with van der Waals surface area (Å²) < 4.78 is 0. The normalized spacial score (nSPS) is 14.4. The Labute approximate surface area is 156 Å². The van der Waals surface area contributed by atoms with Crippen molar-refractivity contribution in [2.45, 2.75) is 6.42 Å². The number of hydrogen-bond acceptors (Lipinski definition) is 4. The molecule has 2 amide bonds. The van der Waals surface area contributed by atoms with Gasteiger partial charge in [-0.05, 0) is 23.6 Å². The number of carbonyl (C=O) groups excluding carboxylic acids is 2. The van der Waals surface area contributed by atoms with E-state index in [2.05, 4.69) is 10.2 Å². The minimum atomic E-state index is -0.119. The SMILES string of the molecule is O=C(NCCC(=O)N1CCN(c2ccccc2Cl)CC1)c1cccs1. The average molecular weight is 378 g/mol. The quantitative estimate of drug-likeness (QED) is 0.871. The molecule has 0 radical (unpaired) electrons. The van der Waals surface area contributed by atoms with Gasteiger partial charge in [-0.1, -0.05) is 29.8 Å². The van der Waals surface area contributed by atoms with Crippen LogP contribution in [0, 0.1) is 0 Å². The minimum absolute atomic E-state index is 0.0743. The molecule has 1 aromatic carbocycles. The van der Waals surface area contributed by atoms with Crippen molar-refractivity contribution in [1.82, 2.24) is 10.2 Å². The summed E-state index contributed by atoms with van der Waals surface area (Å²) in [5.41, 5.74) is 1.01. The van der Waals surface area contributed by atoms with Gasteiger partial charge in [0.15, 0.2) is 0 Å². The molecule has 1 N–H and O–H groups in total. The van der Waals surface area contributed by atoms with Crippen LogP contribution in [0.4, 0.5) is 5.69 Å². The second-order valence-corrected chi connectivity index (χ2v) is 7.16. The maximum Gasteiger partial charge on any atom is 0.261 e. The highest BCUT2D eigenvalue weighted by Crippen LogP contribution is 2.26. The molecule has 2 aromatic rings. The molecule has 0 aliphatic carbocycles. The number of nitrogens with zero attached hydrogens (tertiary/aromatic N) is 2. The molecular weight excluding hydrogens is 358 g/mol.